The van der Waals surface area contributed by atoms with Gasteiger partial charge in [-0.15, -0.1) is 0 Å². The lowest BCUT2D eigenvalue weighted by atomic mass is 9.92. The minimum absolute atomic E-state index is 0.0514. The highest BCUT2D eigenvalue weighted by Gasteiger charge is 2.24. The molecule has 4 nitrogen and oxygen atoms in total. The van der Waals surface area contributed by atoms with E-state index in [4.69, 9.17) is 16.3 Å². The molecule has 19 heavy (non-hydrogen) atoms. The van der Waals surface area contributed by atoms with Crippen LogP contribution in [0, 0.1) is 5.41 Å². The van der Waals surface area contributed by atoms with Crippen LogP contribution >= 0.6 is 11.6 Å². The molecule has 108 valence electrons. The molecule has 0 unspecified atom stereocenters. The van der Waals surface area contributed by atoms with E-state index < -0.39 is 5.41 Å². The topological polar surface area (TPSA) is 52.9 Å². The summed E-state index contributed by atoms with van der Waals surface area (Å²) in [5.41, 5.74) is 0.483. The van der Waals surface area contributed by atoms with Gasteiger partial charge in [-0.25, -0.2) is 0 Å². The number of halogens is 1. The molecule has 0 atom stereocenters. The smallest absolute Gasteiger partial charge is 0.120 e. The van der Waals surface area contributed by atoms with Crippen LogP contribution in [0.1, 0.15) is 12.5 Å². The van der Waals surface area contributed by atoms with Crippen LogP contribution < -0.4 is 4.74 Å². The lowest BCUT2D eigenvalue weighted by molar-refractivity contribution is 0.0402. The zero-order valence-corrected chi connectivity index (χ0v) is 12.4. The minimum Gasteiger partial charge on any atom is -0.497 e. The summed E-state index contributed by atoms with van der Waals surface area (Å²) in [6.07, 6.45) is 0. The van der Waals surface area contributed by atoms with Crippen molar-refractivity contribution in [2.45, 2.75) is 13.5 Å². The van der Waals surface area contributed by atoms with Gasteiger partial charge in [-0.3, -0.25) is 0 Å². The molecule has 0 aliphatic rings. The molecule has 0 radical (unpaired) electrons. The second-order valence-electron chi connectivity index (χ2n) is 5.26. The average molecular weight is 288 g/mol. The third-order valence-corrected chi connectivity index (χ3v) is 3.47. The predicted molar refractivity (Wildman–Crippen MR) is 76.6 cm³/mol. The van der Waals surface area contributed by atoms with Crippen molar-refractivity contribution in [2.75, 3.05) is 33.9 Å². The molecule has 0 aliphatic carbocycles. The highest BCUT2D eigenvalue weighted by molar-refractivity contribution is 6.31. The molecule has 1 aromatic carbocycles. The summed E-state index contributed by atoms with van der Waals surface area (Å²) < 4.78 is 5.11. The third kappa shape index (κ3) is 4.66. The monoisotopic (exact) mass is 287 g/mol. The normalized spacial score (nSPS) is 11.9. The number of benzene rings is 1. The van der Waals surface area contributed by atoms with Gasteiger partial charge < -0.3 is 19.8 Å². The summed E-state index contributed by atoms with van der Waals surface area (Å²) in [5.74, 6) is 0.729. The predicted octanol–water partition coefficient (Wildman–Crippen LogP) is 1.77. The maximum Gasteiger partial charge on any atom is 0.120 e. The molecular formula is C14H22ClNO3. The quantitative estimate of drug-likeness (QED) is 0.803. The Morgan fingerprint density at radius 3 is 2.42 bits per heavy atom. The largest absolute Gasteiger partial charge is 0.497 e. The summed E-state index contributed by atoms with van der Waals surface area (Å²) in [6, 6.07) is 5.57. The average Bonchev–Trinajstić information content (AvgIpc) is 2.40. The number of rotatable bonds is 7. The first kappa shape index (κ1) is 16.2. The summed E-state index contributed by atoms with van der Waals surface area (Å²) in [4.78, 5) is 2.03. The van der Waals surface area contributed by atoms with E-state index in [1.165, 1.54) is 0 Å². The van der Waals surface area contributed by atoms with Crippen LogP contribution in [0.3, 0.4) is 0 Å². The first-order chi connectivity index (χ1) is 8.94. The molecular weight excluding hydrogens is 266 g/mol. The molecule has 2 N–H and O–H groups in total. The van der Waals surface area contributed by atoms with Crippen LogP contribution in [0.15, 0.2) is 18.2 Å². The first-order valence-electron chi connectivity index (χ1n) is 6.17. The van der Waals surface area contributed by atoms with Gasteiger partial charge >= 0.3 is 0 Å². The number of ether oxygens (including phenoxy) is 1. The van der Waals surface area contributed by atoms with Gasteiger partial charge in [0.2, 0.25) is 0 Å². The van der Waals surface area contributed by atoms with E-state index >= 15 is 0 Å². The molecule has 1 rings (SSSR count). The summed E-state index contributed by atoms with van der Waals surface area (Å²) in [6.45, 7) is 2.98. The minimum atomic E-state index is -0.506. The van der Waals surface area contributed by atoms with E-state index in [1.807, 2.05) is 31.0 Å². The maximum absolute atomic E-state index is 9.29. The standard InChI is InChI=1S/C14H22ClNO3/c1-14(9-17,10-18)8-16(2)7-11-4-5-12(19-3)6-13(11)15/h4-6,17-18H,7-10H2,1-3H3. The molecule has 5 heteroatoms. The van der Waals surface area contributed by atoms with Gasteiger partial charge in [-0.05, 0) is 24.7 Å². The number of hydrogen-bond acceptors (Lipinski definition) is 4. The molecule has 0 saturated heterocycles. The number of aliphatic hydroxyl groups excluding tert-OH is 2. The lowest BCUT2D eigenvalue weighted by Crippen LogP contribution is -2.38. The second kappa shape index (κ2) is 7.10. The van der Waals surface area contributed by atoms with Gasteiger partial charge in [-0.1, -0.05) is 24.6 Å². The molecule has 1 aromatic rings. The van der Waals surface area contributed by atoms with Gasteiger partial charge in [0.25, 0.3) is 0 Å². The molecule has 0 bridgehead atoms. The molecule has 0 spiro atoms. The zero-order chi connectivity index (χ0) is 14.5. The Hall–Kier alpha value is -0.810. The van der Waals surface area contributed by atoms with Crippen LogP contribution in [0.25, 0.3) is 0 Å². The van der Waals surface area contributed by atoms with Gasteiger partial charge in [0.15, 0.2) is 0 Å². The van der Waals surface area contributed by atoms with Crippen molar-refractivity contribution in [2.24, 2.45) is 5.41 Å². The highest BCUT2D eigenvalue weighted by Crippen LogP contribution is 2.24. The number of methoxy groups -OCH3 is 1. The third-order valence-electron chi connectivity index (χ3n) is 3.12. The van der Waals surface area contributed by atoms with Gasteiger partial charge in [0, 0.05) is 23.5 Å². The Morgan fingerprint density at radius 1 is 1.32 bits per heavy atom. The molecule has 0 heterocycles. The Balaban J connectivity index is 2.69. The SMILES string of the molecule is COc1ccc(CN(C)CC(C)(CO)CO)c(Cl)c1. The Kier molecular flexibility index (Phi) is 6.07. The van der Waals surface area contributed by atoms with Crippen LogP contribution in [0.2, 0.25) is 5.02 Å². The van der Waals surface area contributed by atoms with Crippen molar-refractivity contribution in [3.05, 3.63) is 28.8 Å². The fraction of sp³-hybridized carbons (Fsp3) is 0.571. The molecule has 0 fully saturated rings. The first-order valence-corrected chi connectivity index (χ1v) is 6.54. The maximum atomic E-state index is 9.29. The highest BCUT2D eigenvalue weighted by atomic mass is 35.5. The van der Waals surface area contributed by atoms with E-state index in [9.17, 15) is 10.2 Å². The van der Waals surface area contributed by atoms with Gasteiger partial charge in [0.1, 0.15) is 5.75 Å². The van der Waals surface area contributed by atoms with E-state index in [0.29, 0.717) is 18.1 Å². The lowest BCUT2D eigenvalue weighted by Gasteiger charge is -2.30. The Morgan fingerprint density at radius 2 is 1.95 bits per heavy atom. The zero-order valence-electron chi connectivity index (χ0n) is 11.7. The van der Waals surface area contributed by atoms with Crippen molar-refractivity contribution in [1.29, 1.82) is 0 Å². The molecule has 0 aliphatic heterocycles. The van der Waals surface area contributed by atoms with Crippen LogP contribution in [0.5, 0.6) is 5.75 Å². The van der Waals surface area contributed by atoms with E-state index in [1.54, 1.807) is 13.2 Å². The van der Waals surface area contributed by atoms with Crippen LogP contribution in [-0.4, -0.2) is 49.0 Å². The Labute approximate surface area is 119 Å². The molecule has 0 aromatic heterocycles. The van der Waals surface area contributed by atoms with Crippen molar-refractivity contribution >= 4 is 11.6 Å². The summed E-state index contributed by atoms with van der Waals surface area (Å²) in [7, 11) is 3.54. The van der Waals surface area contributed by atoms with Gasteiger partial charge in [-0.2, -0.15) is 0 Å². The van der Waals surface area contributed by atoms with E-state index in [2.05, 4.69) is 0 Å². The number of nitrogens with zero attached hydrogens (tertiary/aromatic N) is 1. The second-order valence-corrected chi connectivity index (χ2v) is 5.66. The number of aliphatic hydroxyl groups is 2. The van der Waals surface area contributed by atoms with E-state index in [-0.39, 0.29) is 13.2 Å². The Bertz CT molecular complexity index is 408. The van der Waals surface area contributed by atoms with Crippen molar-refractivity contribution in [3.8, 4) is 5.75 Å². The molecule has 0 saturated carbocycles. The van der Waals surface area contributed by atoms with Crippen molar-refractivity contribution in [1.82, 2.24) is 4.90 Å². The van der Waals surface area contributed by atoms with Crippen LogP contribution in [0.4, 0.5) is 0 Å². The fourth-order valence-corrected chi connectivity index (χ4v) is 2.16. The van der Waals surface area contributed by atoms with Crippen molar-refractivity contribution < 1.29 is 14.9 Å². The van der Waals surface area contributed by atoms with Crippen molar-refractivity contribution in [3.63, 3.8) is 0 Å². The van der Waals surface area contributed by atoms with E-state index in [0.717, 1.165) is 11.3 Å². The molecule has 0 amide bonds. The van der Waals surface area contributed by atoms with Crippen LogP contribution in [-0.2, 0) is 6.54 Å². The summed E-state index contributed by atoms with van der Waals surface area (Å²) >= 11 is 6.19. The fourth-order valence-electron chi connectivity index (χ4n) is 1.93. The number of hydrogen-bond donors (Lipinski definition) is 2. The van der Waals surface area contributed by atoms with Gasteiger partial charge in [0.05, 0.1) is 20.3 Å². The summed E-state index contributed by atoms with van der Waals surface area (Å²) in [5, 5.41) is 19.2.